The van der Waals surface area contributed by atoms with Crippen molar-refractivity contribution < 1.29 is 9.90 Å². The van der Waals surface area contributed by atoms with Gasteiger partial charge < -0.3 is 20.6 Å². The van der Waals surface area contributed by atoms with Gasteiger partial charge in [0.05, 0.1) is 6.10 Å². The van der Waals surface area contributed by atoms with Crippen molar-refractivity contribution in [2.24, 2.45) is 0 Å². The Balaban J connectivity index is 1.67. The summed E-state index contributed by atoms with van der Waals surface area (Å²) in [5.41, 5.74) is 2.08. The molecule has 6 heteroatoms. The van der Waals surface area contributed by atoms with Crippen molar-refractivity contribution in [3.8, 4) is 0 Å². The predicted molar refractivity (Wildman–Crippen MR) is 98.1 cm³/mol. The van der Waals surface area contributed by atoms with E-state index in [0.29, 0.717) is 0 Å². The first-order valence-corrected chi connectivity index (χ1v) is 8.96. The molecule has 130 valence electrons. The van der Waals surface area contributed by atoms with Crippen LogP contribution in [0.2, 0.25) is 0 Å². The molecule has 2 rings (SSSR count). The second-order valence-corrected chi connectivity index (χ2v) is 6.79. The van der Waals surface area contributed by atoms with Gasteiger partial charge in [0.15, 0.2) is 0 Å². The Kier molecular flexibility index (Phi) is 7.24. The zero-order chi connectivity index (χ0) is 17.4. The standard InChI is InChI=1S/C18H25N3O2S/c1-14(11-21(2)12-15-6-4-3-5-7-15)20-18(23)19-10-17(22)16-8-9-24-13-16/h3-9,13-14,17,22H,10-12H2,1-2H3,(H2,19,20,23). The lowest BCUT2D eigenvalue weighted by Crippen LogP contribution is -2.46. The average molecular weight is 347 g/mol. The first-order valence-electron chi connectivity index (χ1n) is 8.01. The van der Waals surface area contributed by atoms with Crippen LogP contribution in [-0.4, -0.2) is 42.2 Å². The Morgan fingerprint density at radius 1 is 1.29 bits per heavy atom. The van der Waals surface area contributed by atoms with Crippen molar-refractivity contribution in [3.63, 3.8) is 0 Å². The number of hydrogen-bond acceptors (Lipinski definition) is 4. The largest absolute Gasteiger partial charge is 0.387 e. The summed E-state index contributed by atoms with van der Waals surface area (Å²) >= 11 is 1.53. The number of urea groups is 1. The van der Waals surface area contributed by atoms with Gasteiger partial charge in [-0.1, -0.05) is 30.3 Å². The van der Waals surface area contributed by atoms with E-state index in [1.54, 1.807) is 0 Å². The summed E-state index contributed by atoms with van der Waals surface area (Å²) in [4.78, 5) is 14.1. The zero-order valence-electron chi connectivity index (χ0n) is 14.1. The molecule has 2 aromatic rings. The van der Waals surface area contributed by atoms with Crippen LogP contribution >= 0.6 is 11.3 Å². The summed E-state index contributed by atoms with van der Waals surface area (Å²) in [5, 5.41) is 19.4. The molecule has 1 aromatic carbocycles. The first-order chi connectivity index (χ1) is 11.5. The third-order valence-corrected chi connectivity index (χ3v) is 4.34. The lowest BCUT2D eigenvalue weighted by Gasteiger charge is -2.22. The minimum Gasteiger partial charge on any atom is -0.387 e. The smallest absolute Gasteiger partial charge is 0.315 e. The lowest BCUT2D eigenvalue weighted by atomic mass is 10.2. The fraction of sp³-hybridized carbons (Fsp3) is 0.389. The molecule has 0 spiro atoms. The molecular weight excluding hydrogens is 322 g/mol. The van der Waals surface area contributed by atoms with Gasteiger partial charge in [0, 0.05) is 25.7 Å². The van der Waals surface area contributed by atoms with Crippen LogP contribution in [0.15, 0.2) is 47.2 Å². The van der Waals surface area contributed by atoms with Crippen molar-refractivity contribution in [2.45, 2.75) is 25.6 Å². The highest BCUT2D eigenvalue weighted by atomic mass is 32.1. The van der Waals surface area contributed by atoms with Crippen molar-refractivity contribution in [1.29, 1.82) is 0 Å². The van der Waals surface area contributed by atoms with Gasteiger partial charge in [-0.25, -0.2) is 4.79 Å². The van der Waals surface area contributed by atoms with E-state index in [2.05, 4.69) is 27.7 Å². The first kappa shape index (κ1) is 18.4. The van der Waals surface area contributed by atoms with E-state index >= 15 is 0 Å². The number of amides is 2. The number of hydrogen-bond donors (Lipinski definition) is 3. The van der Waals surface area contributed by atoms with E-state index in [4.69, 9.17) is 0 Å². The minimum absolute atomic E-state index is 0.0111. The van der Waals surface area contributed by atoms with Crippen molar-refractivity contribution >= 4 is 17.4 Å². The van der Waals surface area contributed by atoms with Crippen LogP contribution in [0.25, 0.3) is 0 Å². The van der Waals surface area contributed by atoms with Crippen LogP contribution in [0.4, 0.5) is 4.79 Å². The minimum atomic E-state index is -0.668. The number of likely N-dealkylation sites (N-methyl/N-ethyl adjacent to an activating group) is 1. The number of rotatable bonds is 8. The fourth-order valence-electron chi connectivity index (χ4n) is 2.52. The number of aliphatic hydroxyl groups is 1. The highest BCUT2D eigenvalue weighted by Crippen LogP contribution is 2.14. The quantitative estimate of drug-likeness (QED) is 0.688. The average Bonchev–Trinajstić information content (AvgIpc) is 3.07. The van der Waals surface area contributed by atoms with Gasteiger partial charge in [0.2, 0.25) is 0 Å². The molecular formula is C18H25N3O2S. The predicted octanol–water partition coefficient (Wildman–Crippen LogP) is 2.60. The van der Waals surface area contributed by atoms with E-state index in [0.717, 1.165) is 18.7 Å². The highest BCUT2D eigenvalue weighted by Gasteiger charge is 2.12. The van der Waals surface area contributed by atoms with Crippen molar-refractivity contribution in [1.82, 2.24) is 15.5 Å². The van der Waals surface area contributed by atoms with Gasteiger partial charge in [0.25, 0.3) is 0 Å². The second kappa shape index (κ2) is 9.42. The van der Waals surface area contributed by atoms with Crippen LogP contribution in [0.3, 0.4) is 0 Å². The van der Waals surface area contributed by atoms with Crippen LogP contribution in [0, 0.1) is 0 Å². The third-order valence-electron chi connectivity index (χ3n) is 3.64. The van der Waals surface area contributed by atoms with E-state index in [1.165, 1.54) is 16.9 Å². The third kappa shape index (κ3) is 6.31. The van der Waals surface area contributed by atoms with Gasteiger partial charge in [-0.15, -0.1) is 0 Å². The molecule has 0 radical (unpaired) electrons. The van der Waals surface area contributed by atoms with Crippen LogP contribution in [0.5, 0.6) is 0 Å². The topological polar surface area (TPSA) is 64.6 Å². The number of carbonyl (C=O) groups is 1. The zero-order valence-corrected chi connectivity index (χ0v) is 14.9. The van der Waals surface area contributed by atoms with Gasteiger partial charge in [-0.05, 0) is 41.9 Å². The Hall–Kier alpha value is -1.89. The Bertz CT molecular complexity index is 604. The van der Waals surface area contributed by atoms with E-state index < -0.39 is 6.10 Å². The number of nitrogens with one attached hydrogen (secondary N) is 2. The maximum Gasteiger partial charge on any atom is 0.315 e. The molecule has 2 amide bonds. The van der Waals surface area contributed by atoms with Crippen molar-refractivity contribution in [3.05, 3.63) is 58.3 Å². The normalized spacial score (nSPS) is 13.5. The summed E-state index contributed by atoms with van der Waals surface area (Å²) in [5.74, 6) is 0. The van der Waals surface area contributed by atoms with E-state index in [1.807, 2.05) is 49.0 Å². The molecule has 24 heavy (non-hydrogen) atoms. The molecule has 1 aromatic heterocycles. The fourth-order valence-corrected chi connectivity index (χ4v) is 3.23. The van der Waals surface area contributed by atoms with Gasteiger partial charge in [-0.2, -0.15) is 11.3 Å². The Labute approximate surface area is 147 Å². The summed E-state index contributed by atoms with van der Waals surface area (Å²) in [6.45, 7) is 3.76. The molecule has 5 nitrogen and oxygen atoms in total. The SMILES string of the molecule is CC(CN(C)Cc1ccccc1)NC(=O)NCC(O)c1ccsc1. The molecule has 0 aliphatic carbocycles. The molecule has 0 aliphatic rings. The Morgan fingerprint density at radius 3 is 2.71 bits per heavy atom. The number of thiophene rings is 1. The summed E-state index contributed by atoms with van der Waals surface area (Å²) < 4.78 is 0. The molecule has 0 saturated heterocycles. The highest BCUT2D eigenvalue weighted by molar-refractivity contribution is 7.07. The van der Waals surface area contributed by atoms with Crippen LogP contribution in [0.1, 0.15) is 24.2 Å². The van der Waals surface area contributed by atoms with Gasteiger partial charge >= 0.3 is 6.03 Å². The number of carbonyl (C=O) groups excluding carboxylic acids is 1. The van der Waals surface area contributed by atoms with E-state index in [-0.39, 0.29) is 18.6 Å². The maximum absolute atomic E-state index is 11.9. The summed E-state index contributed by atoms with van der Waals surface area (Å²) in [6, 6.07) is 11.8. The van der Waals surface area contributed by atoms with Gasteiger partial charge in [0.1, 0.15) is 0 Å². The maximum atomic E-state index is 11.9. The number of aliphatic hydroxyl groups excluding tert-OH is 1. The molecule has 0 aliphatic heterocycles. The molecule has 0 fully saturated rings. The molecule has 2 unspecified atom stereocenters. The Morgan fingerprint density at radius 2 is 2.04 bits per heavy atom. The molecule has 0 saturated carbocycles. The van der Waals surface area contributed by atoms with E-state index in [9.17, 15) is 9.90 Å². The summed E-state index contributed by atoms with van der Waals surface area (Å²) in [7, 11) is 2.03. The van der Waals surface area contributed by atoms with Gasteiger partial charge in [-0.3, -0.25) is 0 Å². The van der Waals surface area contributed by atoms with Crippen LogP contribution < -0.4 is 10.6 Å². The summed E-state index contributed by atoms with van der Waals surface area (Å²) in [6.07, 6.45) is -0.668. The molecule has 3 N–H and O–H groups in total. The molecule has 2 atom stereocenters. The second-order valence-electron chi connectivity index (χ2n) is 6.01. The number of nitrogens with zero attached hydrogens (tertiary/aromatic N) is 1. The molecule has 1 heterocycles. The molecule has 0 bridgehead atoms. The van der Waals surface area contributed by atoms with Crippen molar-refractivity contribution in [2.75, 3.05) is 20.1 Å². The van der Waals surface area contributed by atoms with Crippen LogP contribution in [-0.2, 0) is 6.54 Å². The number of benzene rings is 1. The lowest BCUT2D eigenvalue weighted by molar-refractivity contribution is 0.172. The monoisotopic (exact) mass is 347 g/mol.